The lowest BCUT2D eigenvalue weighted by Crippen LogP contribution is -2.38. The molecule has 6 heteroatoms. The van der Waals surface area contributed by atoms with E-state index in [2.05, 4.69) is 4.98 Å². The lowest BCUT2D eigenvalue weighted by molar-refractivity contribution is -0.0674. The number of halogens is 1. The second kappa shape index (κ2) is 5.96. The van der Waals surface area contributed by atoms with Crippen molar-refractivity contribution in [1.82, 2.24) is 4.98 Å². The van der Waals surface area contributed by atoms with Gasteiger partial charge < -0.3 is 18.9 Å². The molecule has 22 heavy (non-hydrogen) atoms. The Labute approximate surface area is 134 Å². The number of nitrogens with zero attached hydrogens (tertiary/aromatic N) is 1. The molecule has 0 saturated carbocycles. The van der Waals surface area contributed by atoms with E-state index in [-0.39, 0.29) is 6.10 Å². The Morgan fingerprint density at radius 3 is 2.82 bits per heavy atom. The third-order valence-electron chi connectivity index (χ3n) is 4.66. The van der Waals surface area contributed by atoms with E-state index < -0.39 is 5.60 Å². The normalized spacial score (nSPS) is 28.8. The Balaban J connectivity index is 1.68. The van der Waals surface area contributed by atoms with Crippen molar-refractivity contribution >= 4 is 11.6 Å². The summed E-state index contributed by atoms with van der Waals surface area (Å²) in [6.07, 6.45) is 3.65. The highest BCUT2D eigenvalue weighted by Crippen LogP contribution is 2.42. The molecule has 1 spiro atoms. The van der Waals surface area contributed by atoms with Gasteiger partial charge in [0.15, 0.2) is 0 Å². The van der Waals surface area contributed by atoms with Gasteiger partial charge in [0, 0.05) is 43.9 Å². The standard InChI is InChI=1S/C16H20ClNO4/c17-14-9-13(22-11-1-5-19-6-2-11)12-3-7-21-16(15(12)18-14)4-8-20-10-16/h9,11H,1-8,10H2. The number of hydrogen-bond donors (Lipinski definition) is 0. The Bertz CT molecular complexity index is 553. The maximum atomic E-state index is 6.25. The average molecular weight is 326 g/mol. The van der Waals surface area contributed by atoms with Crippen molar-refractivity contribution < 1.29 is 18.9 Å². The first-order valence-electron chi connectivity index (χ1n) is 7.93. The zero-order chi connectivity index (χ0) is 15.0. The second-order valence-corrected chi connectivity index (χ2v) is 6.48. The fourth-order valence-corrected chi connectivity index (χ4v) is 3.66. The van der Waals surface area contributed by atoms with Gasteiger partial charge in [-0.25, -0.2) is 4.98 Å². The van der Waals surface area contributed by atoms with E-state index in [1.54, 1.807) is 0 Å². The molecule has 1 atom stereocenters. The van der Waals surface area contributed by atoms with Gasteiger partial charge in [-0.15, -0.1) is 0 Å². The van der Waals surface area contributed by atoms with Gasteiger partial charge in [0.2, 0.25) is 0 Å². The van der Waals surface area contributed by atoms with Crippen LogP contribution in [0.5, 0.6) is 5.75 Å². The average Bonchev–Trinajstić information content (AvgIpc) is 2.99. The van der Waals surface area contributed by atoms with Gasteiger partial charge in [0.25, 0.3) is 0 Å². The van der Waals surface area contributed by atoms with Crippen LogP contribution in [0.3, 0.4) is 0 Å². The molecule has 1 aromatic rings. The lowest BCUT2D eigenvalue weighted by Gasteiger charge is -2.35. The molecule has 1 aromatic heterocycles. The van der Waals surface area contributed by atoms with Crippen molar-refractivity contribution in [2.75, 3.05) is 33.0 Å². The molecule has 5 nitrogen and oxygen atoms in total. The third kappa shape index (κ3) is 2.60. The van der Waals surface area contributed by atoms with Gasteiger partial charge in [0.05, 0.1) is 32.1 Å². The molecule has 0 N–H and O–H groups in total. The minimum absolute atomic E-state index is 0.190. The Hall–Kier alpha value is -0.880. The summed E-state index contributed by atoms with van der Waals surface area (Å²) in [5, 5.41) is 0.456. The SMILES string of the molecule is Clc1cc(OC2CCOCC2)c2c(n1)C1(CCOC1)OCC2. The van der Waals surface area contributed by atoms with Crippen LogP contribution in [0.25, 0.3) is 0 Å². The van der Waals surface area contributed by atoms with Crippen molar-refractivity contribution in [2.24, 2.45) is 0 Å². The van der Waals surface area contributed by atoms with E-state index in [1.165, 1.54) is 0 Å². The topological polar surface area (TPSA) is 49.8 Å². The predicted molar refractivity (Wildman–Crippen MR) is 80.5 cm³/mol. The van der Waals surface area contributed by atoms with E-state index in [0.29, 0.717) is 25.0 Å². The minimum atomic E-state index is -0.438. The molecule has 4 rings (SSSR count). The van der Waals surface area contributed by atoms with Crippen LogP contribution in [0.15, 0.2) is 6.07 Å². The van der Waals surface area contributed by atoms with Crippen molar-refractivity contribution in [3.8, 4) is 5.75 Å². The molecule has 2 fully saturated rings. The molecule has 0 aliphatic carbocycles. The van der Waals surface area contributed by atoms with E-state index in [9.17, 15) is 0 Å². The zero-order valence-corrected chi connectivity index (χ0v) is 13.2. The van der Waals surface area contributed by atoms with E-state index in [4.69, 9.17) is 30.5 Å². The van der Waals surface area contributed by atoms with Crippen LogP contribution in [0.1, 0.15) is 30.5 Å². The molecule has 0 bridgehead atoms. The van der Waals surface area contributed by atoms with Crippen molar-refractivity contribution in [1.29, 1.82) is 0 Å². The molecular weight excluding hydrogens is 306 g/mol. The van der Waals surface area contributed by atoms with E-state index in [1.807, 2.05) is 6.07 Å². The molecule has 0 aromatic carbocycles. The fourth-order valence-electron chi connectivity index (χ4n) is 3.48. The maximum Gasteiger partial charge on any atom is 0.136 e. The van der Waals surface area contributed by atoms with Gasteiger partial charge in [-0.3, -0.25) is 0 Å². The largest absolute Gasteiger partial charge is 0.490 e. The van der Waals surface area contributed by atoms with Crippen LogP contribution in [0.2, 0.25) is 5.15 Å². The molecule has 120 valence electrons. The van der Waals surface area contributed by atoms with Crippen LogP contribution in [0, 0.1) is 0 Å². The smallest absolute Gasteiger partial charge is 0.136 e. The van der Waals surface area contributed by atoms with Crippen LogP contribution in [-0.4, -0.2) is 44.1 Å². The highest BCUT2D eigenvalue weighted by atomic mass is 35.5. The van der Waals surface area contributed by atoms with Crippen LogP contribution in [-0.2, 0) is 26.2 Å². The van der Waals surface area contributed by atoms with Gasteiger partial charge in [-0.2, -0.15) is 0 Å². The Morgan fingerprint density at radius 1 is 1.18 bits per heavy atom. The summed E-state index contributed by atoms with van der Waals surface area (Å²) < 4.78 is 23.2. The van der Waals surface area contributed by atoms with Crippen LogP contribution >= 0.6 is 11.6 Å². The van der Waals surface area contributed by atoms with Gasteiger partial charge in [0.1, 0.15) is 22.6 Å². The van der Waals surface area contributed by atoms with Gasteiger partial charge >= 0.3 is 0 Å². The summed E-state index contributed by atoms with van der Waals surface area (Å²) in [6.45, 7) is 3.43. The van der Waals surface area contributed by atoms with E-state index in [0.717, 1.165) is 55.9 Å². The first kappa shape index (κ1) is 14.7. The Morgan fingerprint density at radius 2 is 2.05 bits per heavy atom. The van der Waals surface area contributed by atoms with Crippen LogP contribution < -0.4 is 4.74 Å². The van der Waals surface area contributed by atoms with Gasteiger partial charge in [-0.05, 0) is 0 Å². The molecule has 3 aliphatic rings. The predicted octanol–water partition coefficient (Wildman–Crippen LogP) is 2.48. The summed E-state index contributed by atoms with van der Waals surface area (Å²) in [5.41, 5.74) is 1.60. The molecule has 0 radical (unpaired) electrons. The second-order valence-electron chi connectivity index (χ2n) is 6.10. The summed E-state index contributed by atoms with van der Waals surface area (Å²) in [7, 11) is 0. The summed E-state index contributed by atoms with van der Waals surface area (Å²) in [4.78, 5) is 4.56. The van der Waals surface area contributed by atoms with Crippen molar-refractivity contribution in [3.05, 3.63) is 22.5 Å². The molecule has 1 unspecified atom stereocenters. The maximum absolute atomic E-state index is 6.25. The fraction of sp³-hybridized carbons (Fsp3) is 0.688. The van der Waals surface area contributed by atoms with E-state index >= 15 is 0 Å². The van der Waals surface area contributed by atoms with Crippen molar-refractivity contribution in [3.63, 3.8) is 0 Å². The first-order valence-corrected chi connectivity index (χ1v) is 8.31. The number of pyridine rings is 1. The summed E-state index contributed by atoms with van der Waals surface area (Å²) >= 11 is 6.25. The molecule has 0 amide bonds. The highest BCUT2D eigenvalue weighted by molar-refractivity contribution is 6.29. The third-order valence-corrected chi connectivity index (χ3v) is 4.86. The highest BCUT2D eigenvalue weighted by Gasteiger charge is 2.44. The number of rotatable bonds is 2. The lowest BCUT2D eigenvalue weighted by atomic mass is 9.90. The number of aromatic nitrogens is 1. The first-order chi connectivity index (χ1) is 10.8. The quantitative estimate of drug-likeness (QED) is 0.782. The molecule has 4 heterocycles. The van der Waals surface area contributed by atoms with Gasteiger partial charge in [-0.1, -0.05) is 11.6 Å². The molecule has 2 saturated heterocycles. The number of fused-ring (bicyclic) bond motifs is 2. The molecular formula is C16H20ClNO4. The monoisotopic (exact) mass is 325 g/mol. The zero-order valence-electron chi connectivity index (χ0n) is 12.5. The minimum Gasteiger partial charge on any atom is -0.490 e. The summed E-state index contributed by atoms with van der Waals surface area (Å²) in [5.74, 6) is 0.858. The van der Waals surface area contributed by atoms with Crippen LogP contribution in [0.4, 0.5) is 0 Å². The van der Waals surface area contributed by atoms with Crippen molar-refractivity contribution in [2.45, 2.75) is 37.4 Å². The Kier molecular flexibility index (Phi) is 3.98. The number of ether oxygens (including phenoxy) is 4. The molecule has 3 aliphatic heterocycles. The summed E-state index contributed by atoms with van der Waals surface area (Å²) in [6, 6.07) is 1.84. The number of hydrogen-bond acceptors (Lipinski definition) is 5.